The van der Waals surface area contributed by atoms with Crippen LogP contribution in [-0.2, 0) is 15.3 Å². The molecule has 9 heteroatoms. The first kappa shape index (κ1) is 19.3. The first-order valence-electron chi connectivity index (χ1n) is 9.39. The maximum Gasteiger partial charge on any atom is 0.231 e. The highest BCUT2D eigenvalue weighted by atomic mass is 32.2. The smallest absolute Gasteiger partial charge is 0.231 e. The molecular formula is C19H21FN4O2S2. The minimum Gasteiger partial charge on any atom is -0.339 e. The van der Waals surface area contributed by atoms with Crippen LogP contribution < -0.4 is 5.32 Å². The quantitative estimate of drug-likeness (QED) is 0.570. The molecule has 2 heterocycles. The van der Waals surface area contributed by atoms with Gasteiger partial charge in [0.05, 0.1) is 5.92 Å². The molecular weight excluding hydrogens is 399 g/mol. The fourth-order valence-corrected chi connectivity index (χ4v) is 5.44. The monoisotopic (exact) mass is 420 g/mol. The van der Waals surface area contributed by atoms with E-state index in [-0.39, 0.29) is 30.0 Å². The van der Waals surface area contributed by atoms with Gasteiger partial charge >= 0.3 is 0 Å². The van der Waals surface area contributed by atoms with Gasteiger partial charge in [0.1, 0.15) is 5.82 Å². The van der Waals surface area contributed by atoms with Crippen LogP contribution in [0.25, 0.3) is 0 Å². The molecule has 2 amide bonds. The Morgan fingerprint density at radius 3 is 2.75 bits per heavy atom. The lowest BCUT2D eigenvalue weighted by Gasteiger charge is -2.23. The molecule has 1 saturated carbocycles. The molecule has 1 aliphatic carbocycles. The van der Waals surface area contributed by atoms with Gasteiger partial charge in [-0.2, -0.15) is 0 Å². The summed E-state index contributed by atoms with van der Waals surface area (Å²) in [6, 6.07) is 6.64. The van der Waals surface area contributed by atoms with Crippen molar-refractivity contribution in [2.75, 3.05) is 11.9 Å². The van der Waals surface area contributed by atoms with Crippen LogP contribution in [0.3, 0.4) is 0 Å². The van der Waals surface area contributed by atoms with Crippen LogP contribution in [-0.4, -0.2) is 39.5 Å². The Hall–Kier alpha value is -2.00. The van der Waals surface area contributed by atoms with Gasteiger partial charge < -0.3 is 10.2 Å². The maximum atomic E-state index is 12.9. The first-order chi connectivity index (χ1) is 13.6. The fraction of sp³-hybridized carbons (Fsp3) is 0.474. The van der Waals surface area contributed by atoms with Gasteiger partial charge in [-0.3, -0.25) is 9.59 Å². The SMILES string of the molecule is O=C(Nc1nnc(SCc2ccc(F)cc2)s1)C1CC(=O)N(C2CCCC2)C1. The van der Waals surface area contributed by atoms with Gasteiger partial charge in [0, 0.05) is 24.8 Å². The molecule has 0 spiro atoms. The summed E-state index contributed by atoms with van der Waals surface area (Å²) in [7, 11) is 0. The van der Waals surface area contributed by atoms with Crippen molar-refractivity contribution < 1.29 is 14.0 Å². The lowest BCUT2D eigenvalue weighted by molar-refractivity contribution is -0.129. The van der Waals surface area contributed by atoms with Crippen molar-refractivity contribution in [2.45, 2.75) is 48.2 Å². The number of likely N-dealkylation sites (tertiary alicyclic amines) is 1. The fourth-order valence-electron chi connectivity index (χ4n) is 3.73. The number of rotatable bonds is 6. The van der Waals surface area contributed by atoms with Gasteiger partial charge in [-0.05, 0) is 30.5 Å². The van der Waals surface area contributed by atoms with E-state index in [4.69, 9.17) is 0 Å². The molecule has 0 radical (unpaired) electrons. The Morgan fingerprint density at radius 1 is 1.25 bits per heavy atom. The lowest BCUT2D eigenvalue weighted by Crippen LogP contribution is -2.35. The van der Waals surface area contributed by atoms with E-state index in [1.54, 1.807) is 12.1 Å². The predicted octanol–water partition coefficient (Wildman–Crippen LogP) is 3.70. The zero-order valence-electron chi connectivity index (χ0n) is 15.3. The number of hydrogen-bond donors (Lipinski definition) is 1. The predicted molar refractivity (Wildman–Crippen MR) is 107 cm³/mol. The molecule has 6 nitrogen and oxygen atoms in total. The second-order valence-electron chi connectivity index (χ2n) is 7.16. The van der Waals surface area contributed by atoms with Gasteiger partial charge in [-0.1, -0.05) is 48.1 Å². The summed E-state index contributed by atoms with van der Waals surface area (Å²) in [5, 5.41) is 11.4. The van der Waals surface area contributed by atoms with Crippen molar-refractivity contribution in [1.29, 1.82) is 0 Å². The summed E-state index contributed by atoms with van der Waals surface area (Å²) in [5.41, 5.74) is 0.989. The van der Waals surface area contributed by atoms with Crippen molar-refractivity contribution >= 4 is 40.0 Å². The number of amides is 2. The van der Waals surface area contributed by atoms with Crippen molar-refractivity contribution in [3.63, 3.8) is 0 Å². The zero-order chi connectivity index (χ0) is 19.5. The van der Waals surface area contributed by atoms with Crippen LogP contribution >= 0.6 is 23.1 Å². The minimum absolute atomic E-state index is 0.0832. The zero-order valence-corrected chi connectivity index (χ0v) is 16.9. The molecule has 0 bridgehead atoms. The van der Waals surface area contributed by atoms with E-state index in [0.29, 0.717) is 23.5 Å². The Morgan fingerprint density at radius 2 is 2.00 bits per heavy atom. The number of halogens is 1. The number of benzene rings is 1. The number of thioether (sulfide) groups is 1. The Balaban J connectivity index is 1.29. The third kappa shape index (κ3) is 4.52. The third-order valence-corrected chi connectivity index (χ3v) is 7.25. The normalized spacial score (nSPS) is 20.1. The first-order valence-corrected chi connectivity index (χ1v) is 11.2. The van der Waals surface area contributed by atoms with Gasteiger partial charge in [0.15, 0.2) is 4.34 Å². The standard InChI is InChI=1S/C19H21FN4O2S2/c20-14-7-5-12(6-8-14)11-27-19-23-22-18(28-19)21-17(26)13-9-16(25)24(10-13)15-3-1-2-4-15/h5-8,13,15H,1-4,9-11H2,(H,21,22,26). The summed E-state index contributed by atoms with van der Waals surface area (Å²) >= 11 is 2.79. The van der Waals surface area contributed by atoms with E-state index in [1.165, 1.54) is 35.2 Å². The van der Waals surface area contributed by atoms with Gasteiger partial charge in [-0.15, -0.1) is 10.2 Å². The van der Waals surface area contributed by atoms with Crippen LogP contribution in [0, 0.1) is 11.7 Å². The Kier molecular flexibility index (Phi) is 5.91. The number of aromatic nitrogens is 2. The van der Waals surface area contributed by atoms with Crippen molar-refractivity contribution in [1.82, 2.24) is 15.1 Å². The van der Waals surface area contributed by atoms with E-state index in [2.05, 4.69) is 15.5 Å². The molecule has 1 saturated heterocycles. The van der Waals surface area contributed by atoms with Gasteiger partial charge in [0.25, 0.3) is 0 Å². The average molecular weight is 421 g/mol. The highest BCUT2D eigenvalue weighted by Crippen LogP contribution is 2.31. The van der Waals surface area contributed by atoms with Crippen LogP contribution in [0.5, 0.6) is 0 Å². The number of carbonyl (C=O) groups excluding carboxylic acids is 2. The summed E-state index contributed by atoms with van der Waals surface area (Å²) in [4.78, 5) is 26.7. The summed E-state index contributed by atoms with van der Waals surface area (Å²) in [5.74, 6) is -0.0186. The van der Waals surface area contributed by atoms with Crippen LogP contribution in [0.2, 0.25) is 0 Å². The van der Waals surface area contributed by atoms with E-state index in [1.807, 2.05) is 4.90 Å². The van der Waals surface area contributed by atoms with Crippen LogP contribution in [0.1, 0.15) is 37.7 Å². The highest BCUT2D eigenvalue weighted by Gasteiger charge is 2.38. The van der Waals surface area contributed by atoms with E-state index < -0.39 is 0 Å². The second kappa shape index (κ2) is 8.57. The molecule has 2 aliphatic rings. The molecule has 1 aromatic heterocycles. The number of carbonyl (C=O) groups is 2. The third-order valence-electron chi connectivity index (χ3n) is 5.21. The topological polar surface area (TPSA) is 75.2 Å². The van der Waals surface area contributed by atoms with Gasteiger partial charge in [-0.25, -0.2) is 4.39 Å². The molecule has 2 fully saturated rings. The molecule has 1 aliphatic heterocycles. The minimum atomic E-state index is -0.327. The van der Waals surface area contributed by atoms with Gasteiger partial charge in [0.2, 0.25) is 16.9 Å². The molecule has 1 aromatic carbocycles. The second-order valence-corrected chi connectivity index (χ2v) is 9.36. The summed E-state index contributed by atoms with van der Waals surface area (Å²) < 4.78 is 13.7. The van der Waals surface area contributed by atoms with Crippen LogP contribution in [0.4, 0.5) is 9.52 Å². The Labute approximate surface area is 170 Å². The average Bonchev–Trinajstić information content (AvgIpc) is 3.42. The van der Waals surface area contributed by atoms with E-state index >= 15 is 0 Å². The maximum absolute atomic E-state index is 12.9. The Bertz CT molecular complexity index is 852. The van der Waals surface area contributed by atoms with E-state index in [9.17, 15) is 14.0 Å². The number of anilines is 1. The highest BCUT2D eigenvalue weighted by molar-refractivity contribution is 8.00. The van der Waals surface area contributed by atoms with Crippen molar-refractivity contribution in [2.24, 2.45) is 5.92 Å². The summed E-state index contributed by atoms with van der Waals surface area (Å²) in [6.45, 7) is 0.500. The number of nitrogens with zero attached hydrogens (tertiary/aromatic N) is 3. The molecule has 1 atom stereocenters. The van der Waals surface area contributed by atoms with Crippen molar-refractivity contribution in [3.05, 3.63) is 35.6 Å². The molecule has 4 rings (SSSR count). The van der Waals surface area contributed by atoms with Crippen LogP contribution in [0.15, 0.2) is 28.6 Å². The van der Waals surface area contributed by atoms with E-state index in [0.717, 1.165) is 35.6 Å². The molecule has 148 valence electrons. The summed E-state index contributed by atoms with van der Waals surface area (Å²) in [6.07, 6.45) is 4.69. The number of nitrogens with one attached hydrogen (secondary N) is 1. The lowest BCUT2D eigenvalue weighted by atomic mass is 10.1. The molecule has 1 N–H and O–H groups in total. The van der Waals surface area contributed by atoms with Crippen molar-refractivity contribution in [3.8, 4) is 0 Å². The number of hydrogen-bond acceptors (Lipinski definition) is 6. The molecule has 28 heavy (non-hydrogen) atoms. The molecule has 1 unspecified atom stereocenters. The largest absolute Gasteiger partial charge is 0.339 e. The molecule has 2 aromatic rings.